The third-order valence-corrected chi connectivity index (χ3v) is 3.82. The largest absolute Gasteiger partial charge is 0.460 e. The number of carbonyl (C=O) groups excluding carboxylic acids is 2. The van der Waals surface area contributed by atoms with Crippen molar-refractivity contribution in [3.05, 3.63) is 35.4 Å². The molecule has 2 rings (SSSR count). The Labute approximate surface area is 133 Å². The maximum Gasteiger partial charge on any atom is 0.379 e. The van der Waals surface area contributed by atoms with Crippen LogP contribution in [0, 0.1) is 0 Å². The van der Waals surface area contributed by atoms with E-state index in [1.807, 2.05) is 26.0 Å². The molecule has 1 aromatic carbocycles. The van der Waals surface area contributed by atoms with Gasteiger partial charge in [0.05, 0.1) is 6.61 Å². The SMILES string of the molecule is CC.CCOC(=O)C(=O)c1ccc(C2CCN(C)CC2)cc1. The first kappa shape index (κ1) is 18.4. The van der Waals surface area contributed by atoms with Crippen molar-refractivity contribution in [2.24, 2.45) is 0 Å². The Morgan fingerprint density at radius 1 is 1.14 bits per heavy atom. The quantitative estimate of drug-likeness (QED) is 0.486. The average Bonchev–Trinajstić information content (AvgIpc) is 2.57. The van der Waals surface area contributed by atoms with Crippen LogP contribution in [0.5, 0.6) is 0 Å². The molecule has 1 saturated heterocycles. The van der Waals surface area contributed by atoms with Gasteiger partial charge >= 0.3 is 5.97 Å². The van der Waals surface area contributed by atoms with Gasteiger partial charge in [0.15, 0.2) is 0 Å². The van der Waals surface area contributed by atoms with Crippen LogP contribution in [0.2, 0.25) is 0 Å². The van der Waals surface area contributed by atoms with Crippen molar-refractivity contribution < 1.29 is 14.3 Å². The Kier molecular flexibility index (Phi) is 7.82. The Morgan fingerprint density at radius 3 is 2.18 bits per heavy atom. The van der Waals surface area contributed by atoms with Gasteiger partial charge in [0, 0.05) is 5.56 Å². The Balaban J connectivity index is 0.00000116. The lowest BCUT2D eigenvalue weighted by Crippen LogP contribution is -2.29. The van der Waals surface area contributed by atoms with Crippen molar-refractivity contribution in [2.45, 2.75) is 39.5 Å². The standard InChI is InChI=1S/C16H21NO3.C2H6/c1-3-20-16(19)15(18)14-6-4-12(5-7-14)13-8-10-17(2)11-9-13;1-2/h4-7,13H,3,8-11H2,1-2H3;1-2H3. The molecular formula is C18H27NO3. The van der Waals surface area contributed by atoms with Crippen molar-refractivity contribution in [2.75, 3.05) is 26.7 Å². The minimum absolute atomic E-state index is 0.220. The van der Waals surface area contributed by atoms with Crippen LogP contribution in [0.1, 0.15) is 55.5 Å². The minimum atomic E-state index is -0.778. The summed E-state index contributed by atoms with van der Waals surface area (Å²) in [6.45, 7) is 8.12. The topological polar surface area (TPSA) is 46.6 Å². The van der Waals surface area contributed by atoms with E-state index in [1.54, 1.807) is 19.1 Å². The van der Waals surface area contributed by atoms with Crippen LogP contribution < -0.4 is 0 Å². The van der Waals surface area contributed by atoms with Crippen molar-refractivity contribution in [3.8, 4) is 0 Å². The molecule has 0 aliphatic carbocycles. The molecule has 0 atom stereocenters. The third-order valence-electron chi connectivity index (χ3n) is 3.82. The molecule has 1 aromatic rings. The zero-order valence-electron chi connectivity index (χ0n) is 14.1. The summed E-state index contributed by atoms with van der Waals surface area (Å²) in [6.07, 6.45) is 2.28. The number of likely N-dealkylation sites (tertiary alicyclic amines) is 1. The van der Waals surface area contributed by atoms with E-state index in [4.69, 9.17) is 4.74 Å². The second-order valence-corrected chi connectivity index (χ2v) is 5.25. The first-order valence-electron chi connectivity index (χ1n) is 8.11. The highest BCUT2D eigenvalue weighted by molar-refractivity contribution is 6.40. The van der Waals surface area contributed by atoms with E-state index < -0.39 is 11.8 Å². The number of nitrogens with zero attached hydrogens (tertiary/aromatic N) is 1. The Morgan fingerprint density at radius 2 is 1.68 bits per heavy atom. The normalized spacial score (nSPS) is 15.6. The molecule has 1 heterocycles. The van der Waals surface area contributed by atoms with Crippen LogP contribution in [0.3, 0.4) is 0 Å². The summed E-state index contributed by atoms with van der Waals surface area (Å²) >= 11 is 0. The number of ether oxygens (including phenoxy) is 1. The molecule has 122 valence electrons. The van der Waals surface area contributed by atoms with Gasteiger partial charge in [-0.1, -0.05) is 38.1 Å². The molecule has 1 aliphatic heterocycles. The lowest BCUT2D eigenvalue weighted by molar-refractivity contribution is -0.137. The molecule has 4 heteroatoms. The van der Waals surface area contributed by atoms with E-state index >= 15 is 0 Å². The van der Waals surface area contributed by atoms with E-state index in [-0.39, 0.29) is 6.61 Å². The zero-order chi connectivity index (χ0) is 16.5. The van der Waals surface area contributed by atoms with E-state index in [0.29, 0.717) is 11.5 Å². The summed E-state index contributed by atoms with van der Waals surface area (Å²) in [4.78, 5) is 25.5. The number of carbonyl (C=O) groups is 2. The monoisotopic (exact) mass is 305 g/mol. The van der Waals surface area contributed by atoms with E-state index in [1.165, 1.54) is 5.56 Å². The predicted octanol–water partition coefficient (Wildman–Crippen LogP) is 3.27. The molecule has 22 heavy (non-hydrogen) atoms. The maximum absolute atomic E-state index is 11.8. The third kappa shape index (κ3) is 4.95. The van der Waals surface area contributed by atoms with Crippen molar-refractivity contribution >= 4 is 11.8 Å². The number of benzene rings is 1. The fourth-order valence-electron chi connectivity index (χ4n) is 2.56. The minimum Gasteiger partial charge on any atom is -0.460 e. The van der Waals surface area contributed by atoms with E-state index in [0.717, 1.165) is 25.9 Å². The van der Waals surface area contributed by atoms with Crippen LogP contribution in [-0.2, 0) is 9.53 Å². The lowest BCUT2D eigenvalue weighted by Gasteiger charge is -2.29. The molecule has 0 saturated carbocycles. The average molecular weight is 305 g/mol. The summed E-state index contributed by atoms with van der Waals surface area (Å²) < 4.78 is 4.72. The molecule has 1 aliphatic rings. The summed E-state index contributed by atoms with van der Waals surface area (Å²) in [5.41, 5.74) is 1.65. The first-order valence-corrected chi connectivity index (χ1v) is 8.11. The highest BCUT2D eigenvalue weighted by Crippen LogP contribution is 2.27. The molecule has 1 fully saturated rings. The van der Waals surface area contributed by atoms with Crippen molar-refractivity contribution in [1.82, 2.24) is 4.90 Å². The number of Topliss-reactive ketones (excluding diaryl/α,β-unsaturated/α-hetero) is 1. The second-order valence-electron chi connectivity index (χ2n) is 5.25. The van der Waals surface area contributed by atoms with Gasteiger partial charge in [0.1, 0.15) is 0 Å². The molecular weight excluding hydrogens is 278 g/mol. The highest BCUT2D eigenvalue weighted by atomic mass is 16.5. The lowest BCUT2D eigenvalue weighted by atomic mass is 9.89. The first-order chi connectivity index (χ1) is 10.6. The highest BCUT2D eigenvalue weighted by Gasteiger charge is 2.20. The number of ketones is 1. The number of esters is 1. The van der Waals surface area contributed by atoms with E-state index in [2.05, 4.69) is 11.9 Å². The van der Waals surface area contributed by atoms with Crippen LogP contribution in [0.15, 0.2) is 24.3 Å². The molecule has 4 nitrogen and oxygen atoms in total. The van der Waals surface area contributed by atoms with Gasteiger partial charge in [0.25, 0.3) is 5.78 Å². The van der Waals surface area contributed by atoms with Crippen molar-refractivity contribution in [3.63, 3.8) is 0 Å². The maximum atomic E-state index is 11.8. The van der Waals surface area contributed by atoms with Crippen LogP contribution in [-0.4, -0.2) is 43.4 Å². The van der Waals surface area contributed by atoms with Crippen LogP contribution in [0.25, 0.3) is 0 Å². The predicted molar refractivity (Wildman–Crippen MR) is 88.2 cm³/mol. The second kappa shape index (κ2) is 9.36. The number of hydrogen-bond donors (Lipinski definition) is 0. The molecule has 0 aromatic heterocycles. The molecule has 0 unspecified atom stereocenters. The number of rotatable bonds is 4. The van der Waals surface area contributed by atoms with Crippen LogP contribution in [0.4, 0.5) is 0 Å². The number of hydrogen-bond acceptors (Lipinski definition) is 4. The van der Waals surface area contributed by atoms with Gasteiger partial charge in [-0.15, -0.1) is 0 Å². The molecule has 0 amide bonds. The Bertz CT molecular complexity index is 474. The molecule has 0 radical (unpaired) electrons. The fourth-order valence-corrected chi connectivity index (χ4v) is 2.56. The summed E-state index contributed by atoms with van der Waals surface area (Å²) in [5.74, 6) is -0.792. The van der Waals surface area contributed by atoms with Crippen LogP contribution >= 0.6 is 0 Å². The van der Waals surface area contributed by atoms with Gasteiger partial charge in [0.2, 0.25) is 0 Å². The smallest absolute Gasteiger partial charge is 0.379 e. The molecule has 0 spiro atoms. The van der Waals surface area contributed by atoms with Gasteiger partial charge in [-0.3, -0.25) is 4.79 Å². The zero-order valence-corrected chi connectivity index (χ0v) is 14.1. The number of piperidine rings is 1. The van der Waals surface area contributed by atoms with Gasteiger partial charge in [-0.05, 0) is 51.4 Å². The molecule has 0 bridgehead atoms. The van der Waals surface area contributed by atoms with Crippen molar-refractivity contribution in [1.29, 1.82) is 0 Å². The summed E-state index contributed by atoms with van der Waals surface area (Å²) in [5, 5.41) is 0. The van der Waals surface area contributed by atoms with Gasteiger partial charge < -0.3 is 9.64 Å². The van der Waals surface area contributed by atoms with Gasteiger partial charge in [-0.2, -0.15) is 0 Å². The van der Waals surface area contributed by atoms with Gasteiger partial charge in [-0.25, -0.2) is 4.79 Å². The molecule has 0 N–H and O–H groups in total. The fraction of sp³-hybridized carbons (Fsp3) is 0.556. The van der Waals surface area contributed by atoms with E-state index in [9.17, 15) is 9.59 Å². The summed E-state index contributed by atoms with van der Waals surface area (Å²) in [6, 6.07) is 7.38. The Hall–Kier alpha value is -1.68. The summed E-state index contributed by atoms with van der Waals surface area (Å²) in [7, 11) is 2.14.